The highest BCUT2D eigenvalue weighted by atomic mass is 16.2. The number of benzene rings is 2. The third-order valence-electron chi connectivity index (χ3n) is 6.30. The third-order valence-corrected chi connectivity index (χ3v) is 6.30. The molecule has 2 aliphatic rings. The van der Waals surface area contributed by atoms with Gasteiger partial charge >= 0.3 is 6.03 Å². The standard InChI is InChI=1S/C26H29N5O/c32-26(27-18-20-10-4-1-5-11-20)31-17-14-23-22(19-31)25(30-15-8-3-9-16-30)29-24(28-23)21-12-6-2-7-13-21/h1-2,4-7,10-13H,3,8-9,14-19H2,(H,27,32). The molecule has 2 aliphatic heterocycles. The topological polar surface area (TPSA) is 61.4 Å². The lowest BCUT2D eigenvalue weighted by atomic mass is 10.0. The van der Waals surface area contributed by atoms with Gasteiger partial charge in [0.25, 0.3) is 0 Å². The van der Waals surface area contributed by atoms with Gasteiger partial charge in [0.15, 0.2) is 5.82 Å². The second-order valence-corrected chi connectivity index (χ2v) is 8.53. The van der Waals surface area contributed by atoms with Gasteiger partial charge in [-0.3, -0.25) is 0 Å². The second-order valence-electron chi connectivity index (χ2n) is 8.53. The smallest absolute Gasteiger partial charge is 0.317 e. The van der Waals surface area contributed by atoms with E-state index in [2.05, 4.69) is 22.3 Å². The summed E-state index contributed by atoms with van der Waals surface area (Å²) in [5.41, 5.74) is 4.32. The van der Waals surface area contributed by atoms with Crippen LogP contribution in [-0.2, 0) is 19.5 Å². The highest BCUT2D eigenvalue weighted by Crippen LogP contribution is 2.31. The number of urea groups is 1. The summed E-state index contributed by atoms with van der Waals surface area (Å²) < 4.78 is 0. The summed E-state index contributed by atoms with van der Waals surface area (Å²) in [6.07, 6.45) is 4.38. The Bertz CT molecular complexity index is 1060. The lowest BCUT2D eigenvalue weighted by molar-refractivity contribution is 0.191. The molecular weight excluding hydrogens is 398 g/mol. The molecule has 2 aromatic carbocycles. The highest BCUT2D eigenvalue weighted by Gasteiger charge is 2.28. The van der Waals surface area contributed by atoms with Crippen molar-refractivity contribution in [3.63, 3.8) is 0 Å². The number of hydrogen-bond donors (Lipinski definition) is 1. The molecule has 6 nitrogen and oxygen atoms in total. The molecule has 5 rings (SSSR count). The van der Waals surface area contributed by atoms with Crippen molar-refractivity contribution in [2.24, 2.45) is 0 Å². The predicted molar refractivity (Wildman–Crippen MR) is 126 cm³/mol. The van der Waals surface area contributed by atoms with E-state index in [0.29, 0.717) is 19.6 Å². The Labute approximate surface area is 189 Å². The number of carbonyl (C=O) groups is 1. The van der Waals surface area contributed by atoms with Gasteiger partial charge in [0, 0.05) is 43.7 Å². The van der Waals surface area contributed by atoms with Crippen LogP contribution in [0.5, 0.6) is 0 Å². The molecule has 164 valence electrons. The Morgan fingerprint density at radius 2 is 1.59 bits per heavy atom. The SMILES string of the molecule is O=C(NCc1ccccc1)N1CCc2nc(-c3ccccc3)nc(N3CCCCC3)c2C1. The molecule has 0 saturated carbocycles. The van der Waals surface area contributed by atoms with Gasteiger partial charge in [0.1, 0.15) is 5.82 Å². The van der Waals surface area contributed by atoms with Crippen LogP contribution >= 0.6 is 0 Å². The van der Waals surface area contributed by atoms with Crippen molar-refractivity contribution >= 4 is 11.8 Å². The zero-order chi connectivity index (χ0) is 21.8. The average molecular weight is 428 g/mol. The van der Waals surface area contributed by atoms with Crippen LogP contribution in [0.15, 0.2) is 60.7 Å². The number of aromatic nitrogens is 2. The molecule has 32 heavy (non-hydrogen) atoms. The first-order valence-corrected chi connectivity index (χ1v) is 11.5. The van der Waals surface area contributed by atoms with Gasteiger partial charge in [-0.05, 0) is 24.8 Å². The molecule has 0 spiro atoms. The number of anilines is 1. The van der Waals surface area contributed by atoms with E-state index in [1.54, 1.807) is 0 Å². The fraction of sp³-hybridized carbons (Fsp3) is 0.346. The second kappa shape index (κ2) is 9.39. The molecule has 6 heteroatoms. The van der Waals surface area contributed by atoms with Crippen LogP contribution in [0, 0.1) is 0 Å². The van der Waals surface area contributed by atoms with Crippen molar-refractivity contribution in [2.45, 2.75) is 38.8 Å². The fourth-order valence-electron chi connectivity index (χ4n) is 4.54. The average Bonchev–Trinajstić information content (AvgIpc) is 2.88. The quantitative estimate of drug-likeness (QED) is 0.670. The molecule has 1 N–H and O–H groups in total. The first-order chi connectivity index (χ1) is 15.8. The first-order valence-electron chi connectivity index (χ1n) is 11.5. The summed E-state index contributed by atoms with van der Waals surface area (Å²) in [6.45, 7) is 3.77. The maximum Gasteiger partial charge on any atom is 0.317 e. The Morgan fingerprint density at radius 1 is 0.875 bits per heavy atom. The van der Waals surface area contributed by atoms with Gasteiger partial charge in [-0.2, -0.15) is 0 Å². The van der Waals surface area contributed by atoms with Crippen molar-refractivity contribution < 1.29 is 4.79 Å². The van der Waals surface area contributed by atoms with E-state index in [0.717, 1.165) is 53.5 Å². The summed E-state index contributed by atoms with van der Waals surface area (Å²) in [5, 5.41) is 3.07. The van der Waals surface area contributed by atoms with Gasteiger partial charge in [-0.25, -0.2) is 14.8 Å². The number of carbonyl (C=O) groups excluding carboxylic acids is 1. The summed E-state index contributed by atoms with van der Waals surface area (Å²) in [5.74, 6) is 1.79. The van der Waals surface area contributed by atoms with Crippen LogP contribution in [0.3, 0.4) is 0 Å². The number of amides is 2. The normalized spacial score (nSPS) is 15.9. The van der Waals surface area contributed by atoms with E-state index in [9.17, 15) is 4.79 Å². The van der Waals surface area contributed by atoms with Crippen LogP contribution in [0.1, 0.15) is 36.1 Å². The van der Waals surface area contributed by atoms with Gasteiger partial charge in [0.2, 0.25) is 0 Å². The highest BCUT2D eigenvalue weighted by molar-refractivity contribution is 5.75. The molecule has 1 saturated heterocycles. The van der Waals surface area contributed by atoms with Crippen LogP contribution in [0.25, 0.3) is 11.4 Å². The van der Waals surface area contributed by atoms with E-state index in [4.69, 9.17) is 9.97 Å². The molecular formula is C26H29N5O. The van der Waals surface area contributed by atoms with Crippen molar-refractivity contribution in [1.29, 1.82) is 0 Å². The molecule has 0 atom stereocenters. The zero-order valence-corrected chi connectivity index (χ0v) is 18.3. The van der Waals surface area contributed by atoms with Crippen molar-refractivity contribution in [2.75, 3.05) is 24.5 Å². The zero-order valence-electron chi connectivity index (χ0n) is 18.3. The summed E-state index contributed by atoms with van der Waals surface area (Å²) in [4.78, 5) is 27.2. The Hall–Kier alpha value is -3.41. The van der Waals surface area contributed by atoms with Crippen LogP contribution in [-0.4, -0.2) is 40.5 Å². The first kappa shape index (κ1) is 20.5. The monoisotopic (exact) mass is 427 g/mol. The van der Waals surface area contributed by atoms with E-state index < -0.39 is 0 Å². The maximum absolute atomic E-state index is 12.9. The number of nitrogens with zero attached hydrogens (tertiary/aromatic N) is 4. The minimum atomic E-state index is -0.0313. The van der Waals surface area contributed by atoms with Gasteiger partial charge in [-0.1, -0.05) is 60.7 Å². The number of fused-ring (bicyclic) bond motifs is 1. The van der Waals surface area contributed by atoms with E-state index in [-0.39, 0.29) is 6.03 Å². The van der Waals surface area contributed by atoms with Gasteiger partial charge in [0.05, 0.1) is 12.2 Å². The minimum Gasteiger partial charge on any atom is -0.356 e. The van der Waals surface area contributed by atoms with Crippen LogP contribution in [0.4, 0.5) is 10.6 Å². The van der Waals surface area contributed by atoms with Crippen molar-refractivity contribution in [1.82, 2.24) is 20.2 Å². The summed E-state index contributed by atoms with van der Waals surface area (Å²) >= 11 is 0. The lowest BCUT2D eigenvalue weighted by Gasteiger charge is -2.34. The molecule has 3 aromatic rings. The van der Waals surface area contributed by atoms with E-state index >= 15 is 0 Å². The molecule has 3 heterocycles. The molecule has 0 aliphatic carbocycles. The maximum atomic E-state index is 12.9. The third kappa shape index (κ3) is 4.44. The van der Waals surface area contributed by atoms with Gasteiger partial charge in [-0.15, -0.1) is 0 Å². The molecule has 2 amide bonds. The molecule has 0 bridgehead atoms. The van der Waals surface area contributed by atoms with Crippen molar-refractivity contribution in [3.05, 3.63) is 77.5 Å². The fourth-order valence-corrected chi connectivity index (χ4v) is 4.54. The minimum absolute atomic E-state index is 0.0313. The molecule has 0 radical (unpaired) electrons. The Balaban J connectivity index is 1.40. The van der Waals surface area contributed by atoms with Crippen molar-refractivity contribution in [3.8, 4) is 11.4 Å². The van der Waals surface area contributed by atoms with Crippen LogP contribution in [0.2, 0.25) is 0 Å². The molecule has 1 fully saturated rings. The van der Waals surface area contributed by atoms with E-state index in [1.807, 2.05) is 53.4 Å². The number of piperidine rings is 1. The largest absolute Gasteiger partial charge is 0.356 e. The Morgan fingerprint density at radius 3 is 2.34 bits per heavy atom. The molecule has 1 aromatic heterocycles. The number of rotatable bonds is 4. The number of hydrogen-bond acceptors (Lipinski definition) is 4. The summed E-state index contributed by atoms with van der Waals surface area (Å²) in [6, 6.07) is 20.2. The Kier molecular flexibility index (Phi) is 6.01. The summed E-state index contributed by atoms with van der Waals surface area (Å²) in [7, 11) is 0. The van der Waals surface area contributed by atoms with Gasteiger partial charge < -0.3 is 15.1 Å². The van der Waals surface area contributed by atoms with E-state index in [1.165, 1.54) is 19.3 Å². The number of nitrogens with one attached hydrogen (secondary N) is 1. The lowest BCUT2D eigenvalue weighted by Crippen LogP contribution is -2.43. The van der Waals surface area contributed by atoms with Crippen LogP contribution < -0.4 is 10.2 Å². The predicted octanol–water partition coefficient (Wildman–Crippen LogP) is 4.40. The molecule has 0 unspecified atom stereocenters.